The molecule has 94 valence electrons. The van der Waals surface area contributed by atoms with E-state index in [1.165, 1.54) is 0 Å². The molecular weight excluding hydrogens is 216 g/mol. The molecule has 0 unspecified atom stereocenters. The van der Waals surface area contributed by atoms with Crippen LogP contribution in [0.4, 0.5) is 0 Å². The highest BCUT2D eigenvalue weighted by molar-refractivity contribution is 6.77. The Morgan fingerprint density at radius 1 is 1.19 bits per heavy atom. The van der Waals surface area contributed by atoms with Crippen LogP contribution in [0.1, 0.15) is 27.7 Å². The van der Waals surface area contributed by atoms with Gasteiger partial charge >= 0.3 is 5.97 Å². The second-order valence-corrected chi connectivity index (χ2v) is 11.7. The van der Waals surface area contributed by atoms with Gasteiger partial charge in [0.15, 0.2) is 0 Å². The molecule has 0 aliphatic rings. The first kappa shape index (κ1) is 15.4. The maximum atomic E-state index is 11.9. The molecule has 0 saturated carbocycles. The molecule has 0 rings (SSSR count). The van der Waals surface area contributed by atoms with Crippen molar-refractivity contribution >= 4 is 14.0 Å². The first-order chi connectivity index (χ1) is 7.13. The van der Waals surface area contributed by atoms with Crippen molar-refractivity contribution < 1.29 is 9.53 Å². The van der Waals surface area contributed by atoms with Crippen molar-refractivity contribution in [3.63, 3.8) is 0 Å². The van der Waals surface area contributed by atoms with Gasteiger partial charge in [-0.05, 0) is 25.8 Å². The minimum atomic E-state index is -1.26. The van der Waals surface area contributed by atoms with Gasteiger partial charge in [-0.2, -0.15) is 0 Å². The van der Waals surface area contributed by atoms with E-state index in [0.29, 0.717) is 12.5 Å². The first-order valence-electron chi connectivity index (χ1n) is 5.97. The lowest BCUT2D eigenvalue weighted by molar-refractivity contribution is -0.140. The minimum Gasteiger partial charge on any atom is -0.462 e. The normalized spacial score (nSPS) is 11.5. The zero-order valence-electron chi connectivity index (χ0n) is 11.8. The molecule has 0 aliphatic carbocycles. The number of allylic oxidation sites excluding steroid dienone is 1. The van der Waals surface area contributed by atoms with Gasteiger partial charge in [-0.15, -0.1) is 0 Å². The molecule has 0 aromatic rings. The third-order valence-electron chi connectivity index (χ3n) is 2.10. The number of hydrogen-bond acceptors (Lipinski definition) is 2. The maximum Gasteiger partial charge on any atom is 0.333 e. The van der Waals surface area contributed by atoms with Crippen LogP contribution in [0.3, 0.4) is 0 Å². The second kappa shape index (κ2) is 6.23. The Balaban J connectivity index is 4.58. The van der Waals surface area contributed by atoms with E-state index in [4.69, 9.17) is 4.74 Å². The molecule has 0 saturated heterocycles. The zero-order chi connectivity index (χ0) is 12.9. The van der Waals surface area contributed by atoms with Crippen molar-refractivity contribution in [3.8, 4) is 0 Å². The number of hydrogen-bond donors (Lipinski definition) is 0. The predicted octanol–water partition coefficient (Wildman–Crippen LogP) is 3.86. The summed E-state index contributed by atoms with van der Waals surface area (Å²) >= 11 is 0. The summed E-state index contributed by atoms with van der Waals surface area (Å²) in [7, 11) is -1.26. The number of carbonyl (C=O) groups excluding carboxylic acids is 1. The Labute approximate surface area is 101 Å². The Kier molecular flexibility index (Phi) is 6.01. The molecule has 0 bridgehead atoms. The lowest BCUT2D eigenvalue weighted by atomic mass is 10.2. The van der Waals surface area contributed by atoms with Crippen LogP contribution < -0.4 is 0 Å². The lowest BCUT2D eigenvalue weighted by Crippen LogP contribution is -2.24. The van der Waals surface area contributed by atoms with Crippen LogP contribution in [0.5, 0.6) is 0 Å². The van der Waals surface area contributed by atoms with Gasteiger partial charge in [0.25, 0.3) is 0 Å². The molecule has 0 heterocycles. The van der Waals surface area contributed by atoms with Gasteiger partial charge < -0.3 is 4.74 Å². The monoisotopic (exact) mass is 242 g/mol. The van der Waals surface area contributed by atoms with E-state index in [0.717, 1.165) is 17.2 Å². The Morgan fingerprint density at radius 3 is 2.00 bits per heavy atom. The molecule has 0 spiro atoms. The standard InChI is InChI=1S/C13H26O2Si/c1-10(2)8-15-13(14)12(11(3)4)9-16(5,6)7/h10H,8-9H2,1-7H3. The van der Waals surface area contributed by atoms with Crippen molar-refractivity contribution in [3.05, 3.63) is 11.1 Å². The summed E-state index contributed by atoms with van der Waals surface area (Å²) in [6.07, 6.45) is 0. The summed E-state index contributed by atoms with van der Waals surface area (Å²) in [4.78, 5) is 11.9. The largest absolute Gasteiger partial charge is 0.462 e. The van der Waals surface area contributed by atoms with Gasteiger partial charge in [0.05, 0.1) is 6.61 Å². The lowest BCUT2D eigenvalue weighted by Gasteiger charge is -2.19. The van der Waals surface area contributed by atoms with E-state index in [2.05, 4.69) is 19.6 Å². The fourth-order valence-corrected chi connectivity index (χ4v) is 2.87. The van der Waals surface area contributed by atoms with Crippen LogP contribution in [0.25, 0.3) is 0 Å². The summed E-state index contributed by atoms with van der Waals surface area (Å²) in [5.74, 6) is 0.283. The maximum absolute atomic E-state index is 11.9. The Hall–Kier alpha value is -0.573. The third kappa shape index (κ3) is 6.83. The van der Waals surface area contributed by atoms with Crippen LogP contribution in [0.2, 0.25) is 25.7 Å². The predicted molar refractivity (Wildman–Crippen MR) is 72.3 cm³/mol. The van der Waals surface area contributed by atoms with Crippen LogP contribution in [0, 0.1) is 5.92 Å². The molecule has 2 nitrogen and oxygen atoms in total. The van der Waals surface area contributed by atoms with Gasteiger partial charge in [-0.1, -0.05) is 39.1 Å². The van der Waals surface area contributed by atoms with E-state index >= 15 is 0 Å². The highest BCUT2D eigenvalue weighted by atomic mass is 28.3. The van der Waals surface area contributed by atoms with Crippen molar-refractivity contribution in [2.45, 2.75) is 53.4 Å². The molecule has 0 amide bonds. The SMILES string of the molecule is CC(C)=C(C[Si](C)(C)C)C(=O)OCC(C)C. The Morgan fingerprint density at radius 2 is 1.69 bits per heavy atom. The van der Waals surface area contributed by atoms with Crippen molar-refractivity contribution in [1.29, 1.82) is 0 Å². The van der Waals surface area contributed by atoms with Crippen molar-refractivity contribution in [1.82, 2.24) is 0 Å². The van der Waals surface area contributed by atoms with Crippen LogP contribution in [0.15, 0.2) is 11.1 Å². The minimum absolute atomic E-state index is 0.115. The van der Waals surface area contributed by atoms with Gasteiger partial charge in [0.1, 0.15) is 0 Å². The quantitative estimate of drug-likeness (QED) is 0.416. The zero-order valence-corrected chi connectivity index (χ0v) is 12.8. The number of rotatable bonds is 5. The second-order valence-electron chi connectivity index (χ2n) is 6.21. The fraction of sp³-hybridized carbons (Fsp3) is 0.769. The molecule has 0 atom stereocenters. The molecule has 3 heteroatoms. The number of esters is 1. The molecule has 0 fully saturated rings. The summed E-state index contributed by atoms with van der Waals surface area (Å²) in [5.41, 5.74) is 1.98. The van der Waals surface area contributed by atoms with Gasteiger partial charge in [0.2, 0.25) is 0 Å². The number of ether oxygens (including phenoxy) is 1. The average Bonchev–Trinajstić information content (AvgIpc) is 2.08. The molecule has 0 radical (unpaired) electrons. The first-order valence-corrected chi connectivity index (χ1v) is 9.67. The van der Waals surface area contributed by atoms with Crippen molar-refractivity contribution in [2.24, 2.45) is 5.92 Å². The molecule has 0 aromatic carbocycles. The third-order valence-corrected chi connectivity index (χ3v) is 3.52. The highest BCUT2D eigenvalue weighted by Gasteiger charge is 2.22. The van der Waals surface area contributed by atoms with Crippen LogP contribution in [-0.4, -0.2) is 20.7 Å². The van der Waals surface area contributed by atoms with E-state index in [-0.39, 0.29) is 5.97 Å². The summed E-state index contributed by atoms with van der Waals surface area (Å²) in [6.45, 7) is 15.4. The molecular formula is C13H26O2Si. The average molecular weight is 242 g/mol. The van der Waals surface area contributed by atoms with Crippen molar-refractivity contribution in [2.75, 3.05) is 6.61 Å². The topological polar surface area (TPSA) is 26.3 Å². The van der Waals surface area contributed by atoms with E-state index in [9.17, 15) is 4.79 Å². The van der Waals surface area contributed by atoms with E-state index in [1.807, 2.05) is 27.7 Å². The summed E-state index contributed by atoms with van der Waals surface area (Å²) < 4.78 is 5.30. The van der Waals surface area contributed by atoms with E-state index < -0.39 is 8.07 Å². The van der Waals surface area contributed by atoms with Gasteiger partial charge in [-0.25, -0.2) is 4.79 Å². The summed E-state index contributed by atoms with van der Waals surface area (Å²) in [5, 5.41) is 0. The Bertz CT molecular complexity index is 268. The number of carbonyl (C=O) groups is 1. The van der Waals surface area contributed by atoms with Gasteiger partial charge in [-0.3, -0.25) is 0 Å². The van der Waals surface area contributed by atoms with Crippen LogP contribution in [-0.2, 0) is 9.53 Å². The molecule has 0 aliphatic heterocycles. The van der Waals surface area contributed by atoms with E-state index in [1.54, 1.807) is 0 Å². The fourth-order valence-electron chi connectivity index (χ4n) is 1.31. The van der Waals surface area contributed by atoms with Gasteiger partial charge in [0, 0.05) is 13.6 Å². The molecule has 0 N–H and O–H groups in total. The molecule has 16 heavy (non-hydrogen) atoms. The highest BCUT2D eigenvalue weighted by Crippen LogP contribution is 2.20. The summed E-state index contributed by atoms with van der Waals surface area (Å²) in [6, 6.07) is 0.909. The van der Waals surface area contributed by atoms with Crippen LogP contribution >= 0.6 is 0 Å². The smallest absolute Gasteiger partial charge is 0.333 e. The molecule has 0 aromatic heterocycles.